The van der Waals surface area contributed by atoms with Crippen LogP contribution in [0.15, 0.2) is 6.07 Å². The summed E-state index contributed by atoms with van der Waals surface area (Å²) in [6, 6.07) is 0.491. The number of hydrogen-bond donors (Lipinski definition) is 2. The molecule has 1 aliphatic rings. The van der Waals surface area contributed by atoms with Gasteiger partial charge in [-0.05, 0) is 41.4 Å². The molecule has 1 unspecified atom stereocenters. The number of rotatable bonds is 1. The summed E-state index contributed by atoms with van der Waals surface area (Å²) in [5.74, 6) is -0.917. The van der Waals surface area contributed by atoms with Gasteiger partial charge in [0.1, 0.15) is 5.82 Å². The summed E-state index contributed by atoms with van der Waals surface area (Å²) < 4.78 is 14.1. The van der Waals surface area contributed by atoms with E-state index >= 15 is 0 Å². The maximum Gasteiger partial charge on any atom is 0.217 e. The normalized spacial score (nSPS) is 22.2. The number of fused-ring (bicyclic) bond motifs is 1. The number of halogens is 1. The minimum atomic E-state index is -0.705. The van der Waals surface area contributed by atoms with E-state index in [0.717, 1.165) is 0 Å². The number of nitrogen functional groups attached to an aromatic ring is 1. The van der Waals surface area contributed by atoms with Gasteiger partial charge in [0, 0.05) is 18.2 Å². The zero-order valence-corrected chi connectivity index (χ0v) is 14.6. The molecule has 0 saturated heterocycles. The van der Waals surface area contributed by atoms with Crippen LogP contribution in [0.25, 0.3) is 0 Å². The lowest BCUT2D eigenvalue weighted by atomic mass is 9.62. The highest BCUT2D eigenvalue weighted by Gasteiger charge is 2.50. The Balaban J connectivity index is 2.78. The number of amides is 1. The average molecular weight is 320 g/mol. The molecule has 1 aromatic rings. The van der Waals surface area contributed by atoms with Gasteiger partial charge in [-0.3, -0.25) is 9.59 Å². The van der Waals surface area contributed by atoms with E-state index in [1.54, 1.807) is 6.92 Å². The van der Waals surface area contributed by atoms with Gasteiger partial charge in [0.25, 0.3) is 0 Å². The van der Waals surface area contributed by atoms with Crippen LogP contribution in [0.4, 0.5) is 10.1 Å². The Bertz CT molecular complexity index is 693. The number of nitrogens with one attached hydrogen (secondary N) is 1. The summed E-state index contributed by atoms with van der Waals surface area (Å²) in [5, 5.41) is 2.78. The van der Waals surface area contributed by atoms with E-state index in [9.17, 15) is 14.0 Å². The van der Waals surface area contributed by atoms with Crippen LogP contribution < -0.4 is 11.1 Å². The van der Waals surface area contributed by atoms with Gasteiger partial charge in [0.2, 0.25) is 5.91 Å². The highest BCUT2D eigenvalue weighted by atomic mass is 19.1. The molecule has 0 aliphatic heterocycles. The Kier molecular flexibility index (Phi) is 4.04. The van der Waals surface area contributed by atoms with Crippen molar-refractivity contribution in [1.29, 1.82) is 0 Å². The number of ketones is 1. The number of carbonyl (C=O) groups is 2. The average Bonchev–Trinajstić information content (AvgIpc) is 2.45. The molecule has 0 aromatic heterocycles. The smallest absolute Gasteiger partial charge is 0.217 e. The van der Waals surface area contributed by atoms with Crippen molar-refractivity contribution in [1.82, 2.24) is 5.32 Å². The van der Waals surface area contributed by atoms with E-state index < -0.39 is 17.3 Å². The predicted molar refractivity (Wildman–Crippen MR) is 88.8 cm³/mol. The summed E-state index contributed by atoms with van der Waals surface area (Å²) in [6.07, 6.45) is 0.519. The fraction of sp³-hybridized carbons (Fsp3) is 0.556. The first-order chi connectivity index (χ1) is 10.4. The molecule has 4 nitrogen and oxygen atoms in total. The van der Waals surface area contributed by atoms with E-state index in [1.165, 1.54) is 13.0 Å². The van der Waals surface area contributed by atoms with Gasteiger partial charge in [-0.1, -0.05) is 27.7 Å². The first-order valence-corrected chi connectivity index (χ1v) is 7.79. The van der Waals surface area contributed by atoms with Crippen LogP contribution in [0.2, 0.25) is 0 Å². The van der Waals surface area contributed by atoms with Crippen molar-refractivity contribution in [3.63, 3.8) is 0 Å². The summed E-state index contributed by atoms with van der Waals surface area (Å²) >= 11 is 0. The predicted octanol–water partition coefficient (Wildman–Crippen LogP) is 3.01. The second-order valence-corrected chi connectivity index (χ2v) is 7.71. The van der Waals surface area contributed by atoms with Crippen LogP contribution in [0.1, 0.15) is 56.1 Å². The molecule has 2 rings (SSSR count). The summed E-state index contributed by atoms with van der Waals surface area (Å²) in [5.41, 5.74) is 6.69. The van der Waals surface area contributed by atoms with Crippen LogP contribution in [0, 0.1) is 23.6 Å². The van der Waals surface area contributed by atoms with Gasteiger partial charge < -0.3 is 11.1 Å². The molecule has 126 valence electrons. The maximum absolute atomic E-state index is 14.1. The third-order valence-electron chi connectivity index (χ3n) is 5.62. The van der Waals surface area contributed by atoms with Crippen LogP contribution in [0.3, 0.4) is 0 Å². The molecule has 0 spiro atoms. The molecular weight excluding hydrogens is 295 g/mol. The largest absolute Gasteiger partial charge is 0.398 e. The van der Waals surface area contributed by atoms with Gasteiger partial charge in [-0.15, -0.1) is 0 Å². The molecule has 0 fully saturated rings. The van der Waals surface area contributed by atoms with E-state index in [2.05, 4.69) is 5.32 Å². The lowest BCUT2D eigenvalue weighted by Crippen LogP contribution is -2.54. The molecule has 0 bridgehead atoms. The van der Waals surface area contributed by atoms with Crippen molar-refractivity contribution in [3.05, 3.63) is 28.6 Å². The molecule has 5 heteroatoms. The van der Waals surface area contributed by atoms with E-state index in [4.69, 9.17) is 5.73 Å². The Morgan fingerprint density at radius 3 is 2.43 bits per heavy atom. The zero-order chi connectivity index (χ0) is 17.7. The van der Waals surface area contributed by atoms with Gasteiger partial charge in [-0.25, -0.2) is 4.39 Å². The molecule has 1 atom stereocenters. The third-order valence-corrected chi connectivity index (χ3v) is 5.62. The zero-order valence-electron chi connectivity index (χ0n) is 14.6. The second kappa shape index (κ2) is 5.32. The standard InChI is InChI=1S/C18H25FN2O2/c1-9-11-8-17(3,4)18(5,6)16(21-10(2)22)15(23)14(11)13(20)7-12(9)19/h7,16H,8,20H2,1-6H3,(H,21,22). The summed E-state index contributed by atoms with van der Waals surface area (Å²) in [4.78, 5) is 24.8. The third kappa shape index (κ3) is 2.62. The molecule has 1 aromatic carbocycles. The topological polar surface area (TPSA) is 72.2 Å². The highest BCUT2D eigenvalue weighted by Crippen LogP contribution is 2.49. The Hall–Kier alpha value is -1.91. The van der Waals surface area contributed by atoms with Crippen LogP contribution >= 0.6 is 0 Å². The Labute approximate surface area is 136 Å². The molecule has 1 amide bonds. The molecule has 1 aliphatic carbocycles. The van der Waals surface area contributed by atoms with Crippen LogP contribution in [-0.2, 0) is 11.2 Å². The van der Waals surface area contributed by atoms with Gasteiger partial charge in [0.15, 0.2) is 5.78 Å². The monoisotopic (exact) mass is 320 g/mol. The minimum absolute atomic E-state index is 0.136. The van der Waals surface area contributed by atoms with Gasteiger partial charge in [-0.2, -0.15) is 0 Å². The minimum Gasteiger partial charge on any atom is -0.398 e. The van der Waals surface area contributed by atoms with Crippen molar-refractivity contribution in [2.75, 3.05) is 5.73 Å². The molecule has 23 heavy (non-hydrogen) atoms. The van der Waals surface area contributed by atoms with Crippen LogP contribution in [-0.4, -0.2) is 17.7 Å². The summed E-state index contributed by atoms with van der Waals surface area (Å²) in [6.45, 7) is 11.0. The number of anilines is 1. The van der Waals surface area contributed by atoms with Crippen molar-refractivity contribution in [2.45, 2.75) is 54.0 Å². The lowest BCUT2D eigenvalue weighted by molar-refractivity contribution is -0.120. The Morgan fingerprint density at radius 2 is 1.91 bits per heavy atom. The van der Waals surface area contributed by atoms with Crippen molar-refractivity contribution in [3.8, 4) is 0 Å². The maximum atomic E-state index is 14.1. The van der Waals surface area contributed by atoms with Crippen molar-refractivity contribution < 1.29 is 14.0 Å². The number of nitrogens with two attached hydrogens (primary N) is 1. The van der Waals surface area contributed by atoms with Gasteiger partial charge in [0.05, 0.1) is 6.04 Å². The molecule has 0 radical (unpaired) electrons. The van der Waals surface area contributed by atoms with E-state index in [1.807, 2.05) is 27.7 Å². The number of Topliss-reactive ketones (excluding diaryl/α,β-unsaturated/α-hetero) is 1. The van der Waals surface area contributed by atoms with Gasteiger partial charge >= 0.3 is 0 Å². The van der Waals surface area contributed by atoms with E-state index in [0.29, 0.717) is 23.1 Å². The molecular formula is C18H25FN2O2. The second-order valence-electron chi connectivity index (χ2n) is 7.71. The van der Waals surface area contributed by atoms with Crippen molar-refractivity contribution >= 4 is 17.4 Å². The van der Waals surface area contributed by atoms with E-state index in [-0.39, 0.29) is 22.8 Å². The quantitative estimate of drug-likeness (QED) is 0.617. The SMILES string of the molecule is CC(=O)NC1C(=O)c2c(N)cc(F)c(C)c2CC(C)(C)C1(C)C. The number of carbonyl (C=O) groups excluding carboxylic acids is 2. The molecule has 0 saturated carbocycles. The Morgan fingerprint density at radius 1 is 1.35 bits per heavy atom. The molecule has 3 N–H and O–H groups in total. The fourth-order valence-electron chi connectivity index (χ4n) is 3.32. The number of benzene rings is 1. The first-order valence-electron chi connectivity index (χ1n) is 7.79. The van der Waals surface area contributed by atoms with Crippen molar-refractivity contribution in [2.24, 2.45) is 10.8 Å². The highest BCUT2D eigenvalue weighted by molar-refractivity contribution is 6.08. The lowest BCUT2D eigenvalue weighted by Gasteiger charge is -2.44. The molecule has 0 heterocycles. The first kappa shape index (κ1) is 17.4. The number of hydrogen-bond acceptors (Lipinski definition) is 3. The summed E-state index contributed by atoms with van der Waals surface area (Å²) in [7, 11) is 0. The fourth-order valence-corrected chi connectivity index (χ4v) is 3.32. The van der Waals surface area contributed by atoms with Crippen LogP contribution in [0.5, 0.6) is 0 Å².